The van der Waals surface area contributed by atoms with E-state index in [1.807, 2.05) is 0 Å². The maximum atomic E-state index is 14.6. The Morgan fingerprint density at radius 3 is 2.18 bits per heavy atom. The highest BCUT2D eigenvalue weighted by molar-refractivity contribution is 6.43. The van der Waals surface area contributed by atoms with Crippen LogP contribution in [0.2, 0.25) is 10.0 Å². The van der Waals surface area contributed by atoms with Crippen molar-refractivity contribution in [2.45, 2.75) is 18.6 Å². The minimum Gasteiger partial charge on any atom is -0.383 e. The van der Waals surface area contributed by atoms with Gasteiger partial charge < -0.3 is 16.4 Å². The summed E-state index contributed by atoms with van der Waals surface area (Å²) in [4.78, 5) is 63.0. The Morgan fingerprint density at radius 1 is 0.960 bits per heavy atom. The van der Waals surface area contributed by atoms with Crippen molar-refractivity contribution in [1.82, 2.24) is 29.0 Å². The van der Waals surface area contributed by atoms with E-state index in [0.717, 1.165) is 33.4 Å². The van der Waals surface area contributed by atoms with Crippen molar-refractivity contribution in [3.63, 3.8) is 0 Å². The van der Waals surface area contributed by atoms with E-state index in [0.29, 0.717) is 6.29 Å². The van der Waals surface area contributed by atoms with E-state index in [1.165, 1.54) is 60.9 Å². The van der Waals surface area contributed by atoms with Gasteiger partial charge in [-0.05, 0) is 47.5 Å². The molecule has 0 aliphatic rings. The lowest BCUT2D eigenvalue weighted by Crippen LogP contribution is -2.29. The summed E-state index contributed by atoms with van der Waals surface area (Å²) in [7, 11) is 1.46. The number of anilines is 2. The topological polar surface area (TPSA) is 172 Å². The van der Waals surface area contributed by atoms with Crippen LogP contribution in [0.4, 0.5) is 24.8 Å². The number of pyridine rings is 1. The second-order valence-corrected chi connectivity index (χ2v) is 11.6. The summed E-state index contributed by atoms with van der Waals surface area (Å²) in [6.07, 6.45) is 1.48. The highest BCUT2D eigenvalue weighted by atomic mass is 35.5. The van der Waals surface area contributed by atoms with Gasteiger partial charge in [0.1, 0.15) is 11.6 Å². The van der Waals surface area contributed by atoms with E-state index in [1.54, 1.807) is 12.1 Å². The first-order chi connectivity index (χ1) is 23.7. The highest BCUT2D eigenvalue weighted by Crippen LogP contribution is 2.40. The molecule has 0 radical (unpaired) electrons. The van der Waals surface area contributed by atoms with Crippen LogP contribution >= 0.6 is 23.2 Å². The molecule has 0 fully saturated rings. The first-order valence-corrected chi connectivity index (χ1v) is 15.2. The fraction of sp³-hybridized carbons (Fsp3) is 0.121. The lowest BCUT2D eigenvalue weighted by molar-refractivity contribution is -0.139. The Hall–Kier alpha value is -5.80. The molecule has 0 aliphatic heterocycles. The molecule has 0 bridgehead atoms. The SMILES string of the molecule is CN(Cc1ncc(/C=C/C(c2cc(Cl)c(Cl)c(-n3ccc(N)nc3=O)c2)C(F)(F)F)cc1-n1ccc(N)nc1=O)C(=O)c1ccccc1C=O. The maximum absolute atomic E-state index is 14.6. The Kier molecular flexibility index (Phi) is 10.2. The predicted octanol–water partition coefficient (Wildman–Crippen LogP) is 5.09. The Morgan fingerprint density at radius 2 is 1.58 bits per heavy atom. The summed E-state index contributed by atoms with van der Waals surface area (Å²) < 4.78 is 45.7. The number of aromatic nitrogens is 5. The molecule has 5 aromatic rings. The number of nitrogen functional groups attached to an aromatic ring is 2. The summed E-state index contributed by atoms with van der Waals surface area (Å²) in [5.41, 5.74) is 9.75. The first-order valence-electron chi connectivity index (χ1n) is 14.4. The summed E-state index contributed by atoms with van der Waals surface area (Å²) in [5.74, 6) is -2.93. The van der Waals surface area contributed by atoms with Gasteiger partial charge in [0, 0.05) is 31.2 Å². The minimum absolute atomic E-state index is 0.0689. The third-order valence-electron chi connectivity index (χ3n) is 7.41. The number of nitrogens with zero attached hydrogens (tertiary/aromatic N) is 6. The van der Waals surface area contributed by atoms with E-state index < -0.39 is 29.4 Å². The van der Waals surface area contributed by atoms with Gasteiger partial charge >= 0.3 is 17.6 Å². The first kappa shape index (κ1) is 35.5. The number of halogens is 5. The van der Waals surface area contributed by atoms with E-state index in [4.69, 9.17) is 34.7 Å². The van der Waals surface area contributed by atoms with Gasteiger partial charge in [0.05, 0.1) is 45.1 Å². The fourth-order valence-electron chi connectivity index (χ4n) is 4.98. The molecule has 17 heteroatoms. The zero-order valence-electron chi connectivity index (χ0n) is 25.8. The summed E-state index contributed by atoms with van der Waals surface area (Å²) in [6.45, 7) is -0.168. The zero-order valence-corrected chi connectivity index (χ0v) is 27.3. The molecular weight excluding hydrogens is 700 g/mol. The number of amides is 1. The van der Waals surface area contributed by atoms with E-state index in [9.17, 15) is 32.3 Å². The average molecular weight is 726 g/mol. The monoisotopic (exact) mass is 724 g/mol. The van der Waals surface area contributed by atoms with Crippen molar-refractivity contribution in [1.29, 1.82) is 0 Å². The number of alkyl halides is 3. The molecule has 0 aliphatic carbocycles. The summed E-state index contributed by atoms with van der Waals surface area (Å²) >= 11 is 12.5. The molecule has 256 valence electrons. The minimum atomic E-state index is -4.84. The van der Waals surface area contributed by atoms with Crippen LogP contribution in [0.25, 0.3) is 17.5 Å². The number of nitrogens with two attached hydrogens (primary N) is 2. The van der Waals surface area contributed by atoms with Crippen LogP contribution in [0, 0.1) is 0 Å². The fourth-order valence-corrected chi connectivity index (χ4v) is 5.40. The van der Waals surface area contributed by atoms with E-state index in [-0.39, 0.29) is 67.5 Å². The predicted molar refractivity (Wildman–Crippen MR) is 182 cm³/mol. The Labute approximate surface area is 291 Å². The standard InChI is InChI=1S/C33H25Cl2F3N8O4/c1-44(30(48)21-5-3-2-4-19(21)17-47)16-24-25(45-10-8-27(39)42-31(45)49)12-18(15-41-24)6-7-22(33(36,37)38)20-13-23(34)29(35)26(14-20)46-11-9-28(40)43-32(46)50/h2-15,17,22H,16H2,1H3,(H2,39,42,49)(H2,40,43,50)/b7-6+. The van der Waals surface area contributed by atoms with Crippen LogP contribution in [0.5, 0.6) is 0 Å². The van der Waals surface area contributed by atoms with Gasteiger partial charge in [0.15, 0.2) is 6.29 Å². The smallest absolute Gasteiger partial charge is 0.383 e. The maximum Gasteiger partial charge on any atom is 0.399 e. The number of aldehydes is 1. The van der Waals surface area contributed by atoms with Gasteiger partial charge in [-0.1, -0.05) is 53.6 Å². The van der Waals surface area contributed by atoms with Gasteiger partial charge in [-0.25, -0.2) is 9.59 Å². The second kappa shape index (κ2) is 14.4. The third-order valence-corrected chi connectivity index (χ3v) is 8.21. The van der Waals surface area contributed by atoms with Crippen LogP contribution in [0.3, 0.4) is 0 Å². The molecule has 1 amide bonds. The van der Waals surface area contributed by atoms with Crippen molar-refractivity contribution in [3.8, 4) is 11.4 Å². The molecule has 3 aromatic heterocycles. The second-order valence-electron chi connectivity index (χ2n) is 10.8. The van der Waals surface area contributed by atoms with Crippen LogP contribution in [0.1, 0.15) is 43.5 Å². The number of hydrogen-bond donors (Lipinski definition) is 2. The number of benzene rings is 2. The molecule has 0 spiro atoms. The molecular formula is C33H25Cl2F3N8O4. The third kappa shape index (κ3) is 7.58. The normalized spacial score (nSPS) is 12.2. The Balaban J connectivity index is 1.56. The average Bonchev–Trinajstić information content (AvgIpc) is 3.06. The molecule has 1 unspecified atom stereocenters. The van der Waals surface area contributed by atoms with Gasteiger partial charge in [-0.15, -0.1) is 0 Å². The van der Waals surface area contributed by atoms with Gasteiger partial charge in [0.2, 0.25) is 0 Å². The molecule has 3 heterocycles. The van der Waals surface area contributed by atoms with Gasteiger partial charge in [-0.2, -0.15) is 23.1 Å². The van der Waals surface area contributed by atoms with Crippen molar-refractivity contribution >= 4 is 53.1 Å². The summed E-state index contributed by atoms with van der Waals surface area (Å²) in [5, 5.41) is -0.428. The van der Waals surface area contributed by atoms with E-state index in [2.05, 4.69) is 15.0 Å². The van der Waals surface area contributed by atoms with Crippen LogP contribution in [-0.2, 0) is 6.54 Å². The van der Waals surface area contributed by atoms with Gasteiger partial charge in [0.25, 0.3) is 5.91 Å². The molecule has 50 heavy (non-hydrogen) atoms. The summed E-state index contributed by atoms with van der Waals surface area (Å²) in [6, 6.07) is 12.3. The van der Waals surface area contributed by atoms with Crippen molar-refractivity contribution in [2.24, 2.45) is 0 Å². The molecule has 2 aromatic carbocycles. The quantitative estimate of drug-likeness (QED) is 0.197. The van der Waals surface area contributed by atoms with Crippen LogP contribution < -0.4 is 22.8 Å². The molecule has 0 saturated heterocycles. The lowest BCUT2D eigenvalue weighted by Gasteiger charge is -2.21. The lowest BCUT2D eigenvalue weighted by atomic mass is 9.96. The number of carbonyl (C=O) groups is 2. The molecule has 12 nitrogen and oxygen atoms in total. The molecule has 5 rings (SSSR count). The van der Waals surface area contributed by atoms with Crippen LogP contribution in [-0.4, -0.2) is 54.4 Å². The Bertz CT molecular complexity index is 2270. The molecule has 1 atom stereocenters. The van der Waals surface area contributed by atoms with Crippen LogP contribution in [0.15, 0.2) is 88.9 Å². The number of rotatable bonds is 9. The van der Waals surface area contributed by atoms with Crippen molar-refractivity contribution in [3.05, 3.63) is 138 Å². The zero-order chi connectivity index (χ0) is 36.3. The van der Waals surface area contributed by atoms with Crippen molar-refractivity contribution in [2.75, 3.05) is 18.5 Å². The molecule has 0 saturated carbocycles. The van der Waals surface area contributed by atoms with Crippen molar-refractivity contribution < 1.29 is 22.8 Å². The number of carbonyl (C=O) groups excluding carboxylic acids is 2. The van der Waals surface area contributed by atoms with E-state index >= 15 is 0 Å². The van der Waals surface area contributed by atoms with Gasteiger partial charge in [-0.3, -0.25) is 23.7 Å². The molecule has 4 N–H and O–H groups in total. The largest absolute Gasteiger partial charge is 0.399 e. The highest BCUT2D eigenvalue weighted by Gasteiger charge is 2.39. The number of allylic oxidation sites excluding steroid dienone is 1. The number of hydrogen-bond acceptors (Lipinski definition) is 9.